The molecule has 2 amide bonds. The van der Waals surface area contributed by atoms with Crippen LogP contribution in [0.5, 0.6) is 0 Å². The van der Waals surface area contributed by atoms with Crippen LogP contribution in [0, 0.1) is 5.82 Å². The van der Waals surface area contributed by atoms with Crippen molar-refractivity contribution in [2.45, 2.75) is 25.9 Å². The predicted octanol–water partition coefficient (Wildman–Crippen LogP) is 2.72. The molecule has 5 nitrogen and oxygen atoms in total. The average molecular weight is 330 g/mol. The maximum Gasteiger partial charge on any atom is 0.315 e. The van der Waals surface area contributed by atoms with E-state index in [1.54, 1.807) is 6.07 Å². The van der Waals surface area contributed by atoms with E-state index in [1.165, 1.54) is 12.1 Å². The summed E-state index contributed by atoms with van der Waals surface area (Å²) in [5.41, 5.74) is 1.64. The lowest BCUT2D eigenvalue weighted by Crippen LogP contribution is -2.41. The van der Waals surface area contributed by atoms with Crippen molar-refractivity contribution in [3.05, 3.63) is 59.5 Å². The molecule has 1 aromatic heterocycles. The summed E-state index contributed by atoms with van der Waals surface area (Å²) in [6.07, 6.45) is 0.569. The molecule has 6 heteroatoms. The molecular weight excluding hydrogens is 307 g/mol. The quantitative estimate of drug-likeness (QED) is 0.856. The van der Waals surface area contributed by atoms with Crippen LogP contribution in [0.15, 0.2) is 42.5 Å². The fourth-order valence-electron chi connectivity index (χ4n) is 2.33. The zero-order valence-electron chi connectivity index (χ0n) is 14.2. The van der Waals surface area contributed by atoms with Crippen LogP contribution >= 0.6 is 0 Å². The number of nitrogens with zero attached hydrogens (tertiary/aromatic N) is 2. The minimum Gasteiger partial charge on any atom is -0.363 e. The molecule has 0 radical (unpaired) electrons. The average Bonchev–Trinajstić information content (AvgIpc) is 2.53. The van der Waals surface area contributed by atoms with Crippen molar-refractivity contribution >= 4 is 11.8 Å². The van der Waals surface area contributed by atoms with Crippen LogP contribution in [0.1, 0.15) is 18.2 Å². The molecule has 1 atom stereocenters. The van der Waals surface area contributed by atoms with Gasteiger partial charge in [-0.3, -0.25) is 0 Å². The fourth-order valence-corrected chi connectivity index (χ4v) is 2.33. The summed E-state index contributed by atoms with van der Waals surface area (Å²) < 4.78 is 13.2. The molecule has 0 aliphatic heterocycles. The van der Waals surface area contributed by atoms with Crippen molar-refractivity contribution < 1.29 is 9.18 Å². The van der Waals surface area contributed by atoms with Gasteiger partial charge in [0.05, 0.1) is 12.2 Å². The third-order valence-electron chi connectivity index (χ3n) is 3.49. The Labute approximate surface area is 141 Å². The van der Waals surface area contributed by atoms with Gasteiger partial charge in [-0.1, -0.05) is 18.2 Å². The standard InChI is InChI=1S/C18H23FN4O/c1-13(10-14-6-4-7-15(19)11-14)21-18(24)20-12-16-8-5-9-17(22-16)23(2)3/h4-9,11,13H,10,12H2,1-3H3,(H2,20,21,24). The molecule has 128 valence electrons. The number of amides is 2. The number of rotatable bonds is 6. The smallest absolute Gasteiger partial charge is 0.315 e. The predicted molar refractivity (Wildman–Crippen MR) is 93.5 cm³/mol. The van der Waals surface area contributed by atoms with E-state index in [0.29, 0.717) is 13.0 Å². The van der Waals surface area contributed by atoms with Crippen LogP contribution in [-0.2, 0) is 13.0 Å². The molecule has 1 unspecified atom stereocenters. The first-order chi connectivity index (χ1) is 11.4. The first-order valence-corrected chi connectivity index (χ1v) is 7.86. The van der Waals surface area contributed by atoms with E-state index in [-0.39, 0.29) is 17.9 Å². The van der Waals surface area contributed by atoms with Gasteiger partial charge in [0.15, 0.2) is 0 Å². The molecule has 0 saturated carbocycles. The number of nitrogens with one attached hydrogen (secondary N) is 2. The summed E-state index contributed by atoms with van der Waals surface area (Å²) in [4.78, 5) is 18.3. The van der Waals surface area contributed by atoms with Gasteiger partial charge in [-0.25, -0.2) is 14.2 Å². The Kier molecular flexibility index (Phi) is 6.12. The van der Waals surface area contributed by atoms with E-state index >= 15 is 0 Å². The molecule has 0 bridgehead atoms. The molecule has 1 heterocycles. The highest BCUT2D eigenvalue weighted by Crippen LogP contribution is 2.08. The number of aromatic nitrogens is 1. The molecule has 0 aliphatic carbocycles. The first-order valence-electron chi connectivity index (χ1n) is 7.86. The van der Waals surface area contributed by atoms with Gasteiger partial charge in [0.2, 0.25) is 0 Å². The maximum absolute atomic E-state index is 13.2. The van der Waals surface area contributed by atoms with Gasteiger partial charge in [0.1, 0.15) is 11.6 Å². The molecule has 24 heavy (non-hydrogen) atoms. The number of carbonyl (C=O) groups is 1. The number of hydrogen-bond donors (Lipinski definition) is 2. The summed E-state index contributed by atoms with van der Waals surface area (Å²) in [6.45, 7) is 2.23. The van der Waals surface area contributed by atoms with Crippen molar-refractivity contribution in [1.82, 2.24) is 15.6 Å². The van der Waals surface area contributed by atoms with E-state index in [2.05, 4.69) is 15.6 Å². The van der Waals surface area contributed by atoms with Crippen LogP contribution < -0.4 is 15.5 Å². The first kappa shape index (κ1) is 17.7. The molecule has 1 aromatic carbocycles. The molecule has 0 aliphatic rings. The molecule has 0 saturated heterocycles. The summed E-state index contributed by atoms with van der Waals surface area (Å²) in [5.74, 6) is 0.574. The monoisotopic (exact) mass is 330 g/mol. The van der Waals surface area contributed by atoms with E-state index in [9.17, 15) is 9.18 Å². The van der Waals surface area contributed by atoms with E-state index in [0.717, 1.165) is 17.1 Å². The van der Waals surface area contributed by atoms with Crippen molar-refractivity contribution in [1.29, 1.82) is 0 Å². The Bertz CT molecular complexity index is 690. The van der Waals surface area contributed by atoms with Gasteiger partial charge in [0, 0.05) is 20.1 Å². The summed E-state index contributed by atoms with van der Waals surface area (Å²) in [7, 11) is 3.83. The van der Waals surface area contributed by atoms with Crippen LogP contribution in [0.3, 0.4) is 0 Å². The van der Waals surface area contributed by atoms with E-state index < -0.39 is 0 Å². The van der Waals surface area contributed by atoms with Crippen molar-refractivity contribution in [2.75, 3.05) is 19.0 Å². The van der Waals surface area contributed by atoms with Crippen molar-refractivity contribution in [3.8, 4) is 0 Å². The number of hydrogen-bond acceptors (Lipinski definition) is 3. The van der Waals surface area contributed by atoms with Gasteiger partial charge < -0.3 is 15.5 Å². The molecule has 2 N–H and O–H groups in total. The second-order valence-corrected chi connectivity index (χ2v) is 5.94. The van der Waals surface area contributed by atoms with Gasteiger partial charge in [0.25, 0.3) is 0 Å². The lowest BCUT2D eigenvalue weighted by molar-refractivity contribution is 0.237. The van der Waals surface area contributed by atoms with E-state index in [4.69, 9.17) is 0 Å². The highest BCUT2D eigenvalue weighted by atomic mass is 19.1. The lowest BCUT2D eigenvalue weighted by Gasteiger charge is -2.15. The Balaban J connectivity index is 1.81. The third-order valence-corrected chi connectivity index (χ3v) is 3.49. The summed E-state index contributed by atoms with van der Waals surface area (Å²) in [5, 5.41) is 5.63. The lowest BCUT2D eigenvalue weighted by atomic mass is 10.1. The van der Waals surface area contributed by atoms with Gasteiger partial charge in [-0.15, -0.1) is 0 Å². The largest absolute Gasteiger partial charge is 0.363 e. The second-order valence-electron chi connectivity index (χ2n) is 5.94. The topological polar surface area (TPSA) is 57.3 Å². The number of carbonyl (C=O) groups excluding carboxylic acids is 1. The Hall–Kier alpha value is -2.63. The number of anilines is 1. The van der Waals surface area contributed by atoms with Crippen LogP contribution in [0.25, 0.3) is 0 Å². The number of halogens is 1. The maximum atomic E-state index is 13.2. The van der Waals surface area contributed by atoms with Gasteiger partial charge in [-0.2, -0.15) is 0 Å². The third kappa shape index (κ3) is 5.53. The molecule has 0 fully saturated rings. The molecule has 2 aromatic rings. The van der Waals surface area contributed by atoms with Crippen LogP contribution in [0.4, 0.5) is 15.0 Å². The minimum absolute atomic E-state index is 0.104. The number of pyridine rings is 1. The van der Waals surface area contributed by atoms with Crippen LogP contribution in [0.2, 0.25) is 0 Å². The molecule has 0 spiro atoms. The Morgan fingerprint density at radius 1 is 1.25 bits per heavy atom. The molecule has 2 rings (SSSR count). The van der Waals surface area contributed by atoms with Gasteiger partial charge in [-0.05, 0) is 43.2 Å². The Morgan fingerprint density at radius 3 is 2.71 bits per heavy atom. The van der Waals surface area contributed by atoms with Gasteiger partial charge >= 0.3 is 6.03 Å². The second kappa shape index (κ2) is 8.29. The number of urea groups is 1. The normalized spacial score (nSPS) is 11.7. The summed E-state index contributed by atoms with van der Waals surface area (Å²) in [6, 6.07) is 11.7. The van der Waals surface area contributed by atoms with Crippen molar-refractivity contribution in [3.63, 3.8) is 0 Å². The Morgan fingerprint density at radius 2 is 2.00 bits per heavy atom. The number of benzene rings is 1. The van der Waals surface area contributed by atoms with Crippen molar-refractivity contribution in [2.24, 2.45) is 0 Å². The SMILES string of the molecule is CC(Cc1cccc(F)c1)NC(=O)NCc1cccc(N(C)C)n1. The van der Waals surface area contributed by atoms with Crippen LogP contribution in [-0.4, -0.2) is 31.2 Å². The zero-order valence-corrected chi connectivity index (χ0v) is 14.2. The highest BCUT2D eigenvalue weighted by Gasteiger charge is 2.09. The minimum atomic E-state index is -0.268. The summed E-state index contributed by atoms with van der Waals surface area (Å²) >= 11 is 0. The zero-order chi connectivity index (χ0) is 17.5. The highest BCUT2D eigenvalue weighted by molar-refractivity contribution is 5.74. The van der Waals surface area contributed by atoms with E-state index in [1.807, 2.05) is 50.2 Å². The molecular formula is C18H23FN4O. The fraction of sp³-hybridized carbons (Fsp3) is 0.333.